The number of hydrogen-bond donors (Lipinski definition) is 2. The molecule has 0 aliphatic carbocycles. The van der Waals surface area contributed by atoms with Crippen molar-refractivity contribution in [1.29, 1.82) is 0 Å². The average Bonchev–Trinajstić information content (AvgIpc) is 2.44. The third-order valence-electron chi connectivity index (χ3n) is 2.61. The van der Waals surface area contributed by atoms with Gasteiger partial charge in [-0.3, -0.25) is 9.00 Å². The molecular weight excluding hydrogens is 331 g/mol. The van der Waals surface area contributed by atoms with Gasteiger partial charge in [0.15, 0.2) is 0 Å². The average molecular weight is 343 g/mol. The van der Waals surface area contributed by atoms with Gasteiger partial charge in [0.05, 0.1) is 20.8 Å². The van der Waals surface area contributed by atoms with Crippen molar-refractivity contribution in [2.45, 2.75) is 4.90 Å². The van der Waals surface area contributed by atoms with Crippen LogP contribution in [0.1, 0.15) is 0 Å². The van der Waals surface area contributed by atoms with Crippen molar-refractivity contribution in [3.8, 4) is 0 Å². The van der Waals surface area contributed by atoms with E-state index in [4.69, 9.17) is 28.9 Å². The third kappa shape index (κ3) is 4.46. The smallest absolute Gasteiger partial charge is 0.237 e. The third-order valence-corrected chi connectivity index (χ3v) is 4.65. The van der Waals surface area contributed by atoms with Gasteiger partial charge in [0.2, 0.25) is 5.91 Å². The number of nitrogens with one attached hydrogen (secondary N) is 1. The highest BCUT2D eigenvalue weighted by molar-refractivity contribution is 7.85. The minimum atomic E-state index is -1.49. The number of amides is 1. The summed E-state index contributed by atoms with van der Waals surface area (Å²) in [7, 11) is -1.49. The van der Waals surface area contributed by atoms with E-state index < -0.39 is 10.8 Å². The number of benzene rings is 2. The standard InChI is InChI=1S/C14H12Cl2N2O2S/c15-12-6-5-11(7-13(12)16)21(20)8-14(19)18-10-3-1-9(17)2-4-10/h1-7H,8,17H2,(H,18,19). The van der Waals surface area contributed by atoms with Gasteiger partial charge in [-0.1, -0.05) is 23.2 Å². The van der Waals surface area contributed by atoms with Crippen molar-refractivity contribution >= 4 is 51.3 Å². The number of rotatable bonds is 4. The van der Waals surface area contributed by atoms with E-state index in [0.717, 1.165) is 0 Å². The molecule has 2 rings (SSSR count). The predicted molar refractivity (Wildman–Crippen MR) is 87.2 cm³/mol. The number of anilines is 2. The van der Waals surface area contributed by atoms with E-state index in [0.29, 0.717) is 26.3 Å². The highest BCUT2D eigenvalue weighted by Crippen LogP contribution is 2.24. The van der Waals surface area contributed by atoms with E-state index in [-0.39, 0.29) is 11.7 Å². The molecule has 7 heteroatoms. The molecule has 0 saturated carbocycles. The Morgan fingerprint density at radius 3 is 2.38 bits per heavy atom. The maximum absolute atomic E-state index is 12.1. The Bertz CT molecular complexity index is 690. The molecule has 2 aromatic carbocycles. The van der Waals surface area contributed by atoms with Crippen LogP contribution in [0.4, 0.5) is 11.4 Å². The maximum Gasteiger partial charge on any atom is 0.237 e. The van der Waals surface area contributed by atoms with Crippen molar-refractivity contribution in [3.05, 3.63) is 52.5 Å². The van der Waals surface area contributed by atoms with E-state index in [1.807, 2.05) is 0 Å². The molecule has 1 atom stereocenters. The van der Waals surface area contributed by atoms with Gasteiger partial charge < -0.3 is 11.1 Å². The maximum atomic E-state index is 12.1. The lowest BCUT2D eigenvalue weighted by Crippen LogP contribution is -2.19. The molecule has 0 fully saturated rings. The van der Waals surface area contributed by atoms with Crippen LogP contribution < -0.4 is 11.1 Å². The van der Waals surface area contributed by atoms with E-state index >= 15 is 0 Å². The van der Waals surface area contributed by atoms with E-state index in [9.17, 15) is 9.00 Å². The SMILES string of the molecule is Nc1ccc(NC(=O)CS(=O)c2ccc(Cl)c(Cl)c2)cc1. The lowest BCUT2D eigenvalue weighted by molar-refractivity contribution is -0.113. The number of nitrogen functional groups attached to an aromatic ring is 1. The van der Waals surface area contributed by atoms with Crippen molar-refractivity contribution in [2.24, 2.45) is 0 Å². The molecule has 0 aliphatic heterocycles. The molecule has 0 radical (unpaired) electrons. The summed E-state index contributed by atoms with van der Waals surface area (Å²) in [4.78, 5) is 12.3. The summed E-state index contributed by atoms with van der Waals surface area (Å²) in [5, 5.41) is 3.33. The lowest BCUT2D eigenvalue weighted by atomic mass is 10.3. The van der Waals surface area contributed by atoms with Crippen LogP contribution in [0.5, 0.6) is 0 Å². The zero-order chi connectivity index (χ0) is 15.4. The van der Waals surface area contributed by atoms with Gasteiger partial charge in [-0.25, -0.2) is 0 Å². The van der Waals surface area contributed by atoms with Gasteiger partial charge in [-0.05, 0) is 42.5 Å². The molecule has 21 heavy (non-hydrogen) atoms. The summed E-state index contributed by atoms with van der Waals surface area (Å²) < 4.78 is 12.1. The molecule has 1 amide bonds. The Labute approximate surface area is 134 Å². The Balaban J connectivity index is 2.00. The molecular formula is C14H12Cl2N2O2S. The number of hydrogen-bond acceptors (Lipinski definition) is 3. The fourth-order valence-corrected chi connectivity index (χ4v) is 2.89. The first-order chi connectivity index (χ1) is 9.95. The molecule has 0 spiro atoms. The number of carbonyl (C=O) groups excluding carboxylic acids is 1. The normalized spacial score (nSPS) is 11.9. The van der Waals surface area contributed by atoms with Crippen LogP contribution in [-0.2, 0) is 15.6 Å². The molecule has 3 N–H and O–H groups in total. The van der Waals surface area contributed by atoms with Crippen molar-refractivity contribution in [2.75, 3.05) is 16.8 Å². The zero-order valence-corrected chi connectivity index (χ0v) is 13.1. The molecule has 4 nitrogen and oxygen atoms in total. The highest BCUT2D eigenvalue weighted by Gasteiger charge is 2.12. The molecule has 0 aliphatic rings. The number of halogens is 2. The van der Waals surface area contributed by atoms with Crippen molar-refractivity contribution < 1.29 is 9.00 Å². The van der Waals surface area contributed by atoms with Crippen LogP contribution in [-0.4, -0.2) is 15.9 Å². The fraction of sp³-hybridized carbons (Fsp3) is 0.0714. The molecule has 0 aromatic heterocycles. The number of nitrogens with two attached hydrogens (primary N) is 1. The van der Waals surface area contributed by atoms with E-state index in [1.54, 1.807) is 36.4 Å². The Kier molecular flexibility index (Phi) is 5.22. The molecule has 0 saturated heterocycles. The van der Waals surface area contributed by atoms with Crippen LogP contribution in [0, 0.1) is 0 Å². The topological polar surface area (TPSA) is 72.2 Å². The summed E-state index contributed by atoms with van der Waals surface area (Å²) >= 11 is 11.7. The monoisotopic (exact) mass is 342 g/mol. The Hall–Kier alpha value is -1.56. The van der Waals surface area contributed by atoms with Gasteiger partial charge in [-0.15, -0.1) is 0 Å². The highest BCUT2D eigenvalue weighted by atomic mass is 35.5. The molecule has 0 heterocycles. The second-order valence-electron chi connectivity index (χ2n) is 4.24. The molecule has 2 aromatic rings. The first-order valence-electron chi connectivity index (χ1n) is 5.94. The van der Waals surface area contributed by atoms with E-state index in [1.165, 1.54) is 6.07 Å². The van der Waals surface area contributed by atoms with Crippen molar-refractivity contribution in [3.63, 3.8) is 0 Å². The minimum Gasteiger partial charge on any atom is -0.399 e. The summed E-state index contributed by atoms with van der Waals surface area (Å²) in [6.45, 7) is 0. The van der Waals surface area contributed by atoms with Crippen LogP contribution in [0.25, 0.3) is 0 Å². The van der Waals surface area contributed by atoms with Crippen LogP contribution >= 0.6 is 23.2 Å². The predicted octanol–water partition coefficient (Wildman–Crippen LogP) is 3.32. The second kappa shape index (κ2) is 6.93. The minimum absolute atomic E-state index is 0.164. The van der Waals surface area contributed by atoms with Crippen LogP contribution in [0.15, 0.2) is 47.4 Å². The van der Waals surface area contributed by atoms with Crippen LogP contribution in [0.3, 0.4) is 0 Å². The fourth-order valence-electron chi connectivity index (χ4n) is 1.58. The van der Waals surface area contributed by atoms with Gasteiger partial charge in [-0.2, -0.15) is 0 Å². The molecule has 110 valence electrons. The lowest BCUT2D eigenvalue weighted by Gasteiger charge is -2.06. The summed E-state index contributed by atoms with van der Waals surface area (Å²) in [6, 6.07) is 11.3. The molecule has 0 bridgehead atoms. The Morgan fingerprint density at radius 2 is 1.76 bits per heavy atom. The van der Waals surface area contributed by atoms with Gasteiger partial charge in [0.25, 0.3) is 0 Å². The zero-order valence-electron chi connectivity index (χ0n) is 10.8. The first kappa shape index (κ1) is 15.8. The number of carbonyl (C=O) groups is 1. The summed E-state index contributed by atoms with van der Waals surface area (Å²) in [5.74, 6) is -0.522. The van der Waals surface area contributed by atoms with Gasteiger partial charge in [0, 0.05) is 16.3 Å². The Morgan fingerprint density at radius 1 is 1.10 bits per heavy atom. The van der Waals surface area contributed by atoms with Gasteiger partial charge >= 0.3 is 0 Å². The second-order valence-corrected chi connectivity index (χ2v) is 6.50. The molecule has 1 unspecified atom stereocenters. The first-order valence-corrected chi connectivity index (χ1v) is 8.02. The van der Waals surface area contributed by atoms with Crippen molar-refractivity contribution in [1.82, 2.24) is 0 Å². The van der Waals surface area contributed by atoms with Gasteiger partial charge in [0.1, 0.15) is 5.75 Å². The quantitative estimate of drug-likeness (QED) is 0.837. The van der Waals surface area contributed by atoms with E-state index in [2.05, 4.69) is 5.32 Å². The summed E-state index contributed by atoms with van der Waals surface area (Å²) in [5.41, 5.74) is 6.76. The summed E-state index contributed by atoms with van der Waals surface area (Å²) in [6.07, 6.45) is 0. The largest absolute Gasteiger partial charge is 0.399 e. The van der Waals surface area contributed by atoms with Crippen LogP contribution in [0.2, 0.25) is 10.0 Å².